The van der Waals surface area contributed by atoms with Gasteiger partial charge < -0.3 is 10.6 Å². The Bertz CT molecular complexity index is 400. The van der Waals surface area contributed by atoms with Crippen LogP contribution in [-0.4, -0.2) is 37.0 Å². The highest BCUT2D eigenvalue weighted by molar-refractivity contribution is 5.94. The van der Waals surface area contributed by atoms with Gasteiger partial charge in [-0.1, -0.05) is 6.92 Å². The Morgan fingerprint density at radius 2 is 1.84 bits per heavy atom. The van der Waals surface area contributed by atoms with Gasteiger partial charge in [0, 0.05) is 24.5 Å². The molecule has 0 atom stereocenters. The summed E-state index contributed by atoms with van der Waals surface area (Å²) in [5.41, 5.74) is 7.23. The van der Waals surface area contributed by atoms with E-state index in [0.717, 1.165) is 18.7 Å². The van der Waals surface area contributed by atoms with Gasteiger partial charge in [-0.2, -0.15) is 0 Å². The van der Waals surface area contributed by atoms with Crippen LogP contribution < -0.4 is 10.6 Å². The molecule has 0 saturated carbocycles. The first-order chi connectivity index (χ1) is 8.95. The molecule has 0 saturated heterocycles. The van der Waals surface area contributed by atoms with Crippen molar-refractivity contribution in [1.82, 2.24) is 4.90 Å². The van der Waals surface area contributed by atoms with E-state index in [-0.39, 0.29) is 5.91 Å². The highest BCUT2D eigenvalue weighted by Crippen LogP contribution is 2.15. The molecule has 1 amide bonds. The van der Waals surface area contributed by atoms with E-state index >= 15 is 0 Å². The first-order valence-electron chi connectivity index (χ1n) is 6.81. The number of rotatable bonds is 6. The fourth-order valence-corrected chi connectivity index (χ4v) is 1.93. The second-order valence-corrected chi connectivity index (χ2v) is 5.11. The Labute approximate surface area is 116 Å². The Hall–Kier alpha value is -1.55. The first-order valence-corrected chi connectivity index (χ1v) is 6.81. The van der Waals surface area contributed by atoms with E-state index in [1.54, 1.807) is 11.9 Å². The van der Waals surface area contributed by atoms with Gasteiger partial charge in [-0.05, 0) is 51.1 Å². The van der Waals surface area contributed by atoms with Crippen molar-refractivity contribution in [3.63, 3.8) is 0 Å². The summed E-state index contributed by atoms with van der Waals surface area (Å²) in [6.07, 6.45) is 1.05. The first kappa shape index (κ1) is 15.5. The fraction of sp³-hybridized carbons (Fsp3) is 0.533. The van der Waals surface area contributed by atoms with E-state index in [0.29, 0.717) is 18.3 Å². The molecule has 1 rings (SSSR count). The number of hydrogen-bond acceptors (Lipinski definition) is 3. The molecule has 0 aromatic heterocycles. The zero-order chi connectivity index (χ0) is 14.4. The van der Waals surface area contributed by atoms with Crippen LogP contribution in [0.1, 0.15) is 27.2 Å². The van der Waals surface area contributed by atoms with Crippen molar-refractivity contribution in [3.05, 3.63) is 24.3 Å². The molecule has 0 bridgehead atoms. The minimum atomic E-state index is 0.104. The largest absolute Gasteiger partial charge is 0.399 e. The van der Waals surface area contributed by atoms with Crippen molar-refractivity contribution in [2.45, 2.75) is 33.2 Å². The molecule has 1 aromatic rings. The van der Waals surface area contributed by atoms with Gasteiger partial charge >= 0.3 is 0 Å². The third kappa shape index (κ3) is 4.56. The molecule has 106 valence electrons. The number of carbonyl (C=O) groups excluding carboxylic acids is 1. The zero-order valence-electron chi connectivity index (χ0n) is 12.4. The summed E-state index contributed by atoms with van der Waals surface area (Å²) in [4.78, 5) is 16.1. The van der Waals surface area contributed by atoms with Gasteiger partial charge in [-0.25, -0.2) is 0 Å². The minimum absolute atomic E-state index is 0.104. The number of amides is 1. The molecule has 0 spiro atoms. The number of nitrogens with two attached hydrogens (primary N) is 1. The Balaban J connectivity index is 2.68. The lowest BCUT2D eigenvalue weighted by Gasteiger charge is -2.27. The molecular weight excluding hydrogens is 238 g/mol. The summed E-state index contributed by atoms with van der Waals surface area (Å²) in [6, 6.07) is 7.74. The Morgan fingerprint density at radius 3 is 2.32 bits per heavy atom. The number of likely N-dealkylation sites (N-methyl/N-ethyl adjacent to an activating group) is 1. The average molecular weight is 263 g/mol. The summed E-state index contributed by atoms with van der Waals surface area (Å²) in [6.45, 7) is 7.76. The summed E-state index contributed by atoms with van der Waals surface area (Å²) in [7, 11) is 1.80. The number of nitrogen functional groups attached to an aromatic ring is 1. The van der Waals surface area contributed by atoms with Crippen LogP contribution in [0, 0.1) is 0 Å². The van der Waals surface area contributed by atoms with Crippen LogP contribution in [0.5, 0.6) is 0 Å². The average Bonchev–Trinajstić information content (AvgIpc) is 2.38. The number of benzene rings is 1. The molecule has 0 radical (unpaired) electrons. The standard InChI is InChI=1S/C15H25N3O/c1-5-10-18(12(2)3)11-15(19)17(4)14-8-6-13(16)7-9-14/h6-9,12H,5,10-11,16H2,1-4H3. The van der Waals surface area contributed by atoms with Crippen LogP contribution in [0.25, 0.3) is 0 Å². The maximum Gasteiger partial charge on any atom is 0.240 e. The van der Waals surface area contributed by atoms with Crippen molar-refractivity contribution in [3.8, 4) is 0 Å². The van der Waals surface area contributed by atoms with Gasteiger partial charge in [0.15, 0.2) is 0 Å². The Morgan fingerprint density at radius 1 is 1.26 bits per heavy atom. The summed E-state index contributed by atoms with van der Waals surface area (Å²) < 4.78 is 0. The SMILES string of the molecule is CCCN(CC(=O)N(C)c1ccc(N)cc1)C(C)C. The van der Waals surface area contributed by atoms with Crippen molar-refractivity contribution >= 4 is 17.3 Å². The molecule has 0 unspecified atom stereocenters. The van der Waals surface area contributed by atoms with Crippen molar-refractivity contribution in [2.75, 3.05) is 30.8 Å². The van der Waals surface area contributed by atoms with Crippen molar-refractivity contribution in [1.29, 1.82) is 0 Å². The second-order valence-electron chi connectivity index (χ2n) is 5.11. The molecule has 4 heteroatoms. The smallest absolute Gasteiger partial charge is 0.240 e. The summed E-state index contributed by atoms with van der Waals surface area (Å²) in [5.74, 6) is 0.104. The lowest BCUT2D eigenvalue weighted by atomic mass is 10.2. The number of nitrogens with zero attached hydrogens (tertiary/aromatic N) is 2. The molecule has 19 heavy (non-hydrogen) atoms. The summed E-state index contributed by atoms with van der Waals surface area (Å²) in [5, 5.41) is 0. The van der Waals surface area contributed by atoms with E-state index in [9.17, 15) is 4.79 Å². The normalized spacial score (nSPS) is 11.1. The number of carbonyl (C=O) groups is 1. The molecule has 0 heterocycles. The Kier molecular flexibility index (Phi) is 5.83. The lowest BCUT2D eigenvalue weighted by Crippen LogP contribution is -2.42. The quantitative estimate of drug-likeness (QED) is 0.802. The fourth-order valence-electron chi connectivity index (χ4n) is 1.93. The van der Waals surface area contributed by atoms with Crippen LogP contribution >= 0.6 is 0 Å². The monoisotopic (exact) mass is 263 g/mol. The number of anilines is 2. The predicted molar refractivity (Wildman–Crippen MR) is 81.3 cm³/mol. The van der Waals surface area contributed by atoms with Crippen LogP contribution in [0.2, 0.25) is 0 Å². The minimum Gasteiger partial charge on any atom is -0.399 e. The van der Waals surface area contributed by atoms with Crippen molar-refractivity contribution in [2.24, 2.45) is 0 Å². The van der Waals surface area contributed by atoms with Gasteiger partial charge in [-0.15, -0.1) is 0 Å². The molecule has 0 aliphatic rings. The van der Waals surface area contributed by atoms with Crippen LogP contribution in [0.4, 0.5) is 11.4 Å². The molecule has 0 fully saturated rings. The van der Waals surface area contributed by atoms with E-state index in [1.807, 2.05) is 24.3 Å². The summed E-state index contributed by atoms with van der Waals surface area (Å²) >= 11 is 0. The van der Waals surface area contributed by atoms with E-state index in [1.165, 1.54) is 0 Å². The van der Waals surface area contributed by atoms with Crippen LogP contribution in [-0.2, 0) is 4.79 Å². The van der Waals surface area contributed by atoms with Gasteiger partial charge in [0.1, 0.15) is 0 Å². The van der Waals surface area contributed by atoms with E-state index in [2.05, 4.69) is 25.7 Å². The highest BCUT2D eigenvalue weighted by atomic mass is 16.2. The van der Waals surface area contributed by atoms with E-state index < -0.39 is 0 Å². The molecule has 4 nitrogen and oxygen atoms in total. The predicted octanol–water partition coefficient (Wildman–Crippen LogP) is 2.35. The maximum atomic E-state index is 12.3. The number of hydrogen-bond donors (Lipinski definition) is 1. The highest BCUT2D eigenvalue weighted by Gasteiger charge is 2.17. The zero-order valence-corrected chi connectivity index (χ0v) is 12.4. The van der Waals surface area contributed by atoms with Gasteiger partial charge in [0.25, 0.3) is 0 Å². The van der Waals surface area contributed by atoms with Crippen molar-refractivity contribution < 1.29 is 4.79 Å². The molecule has 0 aliphatic carbocycles. The second kappa shape index (κ2) is 7.14. The van der Waals surface area contributed by atoms with Crippen LogP contribution in [0.3, 0.4) is 0 Å². The third-order valence-electron chi connectivity index (χ3n) is 3.23. The van der Waals surface area contributed by atoms with Gasteiger partial charge in [0.05, 0.1) is 6.54 Å². The molecule has 1 aromatic carbocycles. The van der Waals surface area contributed by atoms with Gasteiger partial charge in [-0.3, -0.25) is 9.69 Å². The van der Waals surface area contributed by atoms with Crippen LogP contribution in [0.15, 0.2) is 24.3 Å². The third-order valence-corrected chi connectivity index (χ3v) is 3.23. The maximum absolute atomic E-state index is 12.3. The molecular formula is C15H25N3O. The van der Waals surface area contributed by atoms with Gasteiger partial charge in [0.2, 0.25) is 5.91 Å². The lowest BCUT2D eigenvalue weighted by molar-refractivity contribution is -0.119. The molecule has 0 aliphatic heterocycles. The van der Waals surface area contributed by atoms with E-state index in [4.69, 9.17) is 5.73 Å². The topological polar surface area (TPSA) is 49.6 Å². The molecule has 2 N–H and O–H groups in total.